The molecule has 1 N–H and O–H groups in total. The van der Waals surface area contributed by atoms with Crippen LogP contribution in [0, 0.1) is 0 Å². The normalized spacial score (nSPS) is 15.8. The van der Waals surface area contributed by atoms with E-state index in [4.69, 9.17) is 11.6 Å². The second-order valence-corrected chi connectivity index (χ2v) is 6.44. The molecule has 4 nitrogen and oxygen atoms in total. The number of carbonyl (C=O) groups excluding carboxylic acids is 1. The molecule has 0 radical (unpaired) electrons. The summed E-state index contributed by atoms with van der Waals surface area (Å²) in [5, 5.41) is 3.13. The Balaban J connectivity index is 1.81. The lowest BCUT2D eigenvalue weighted by Gasteiger charge is -2.23. The van der Waals surface area contributed by atoms with E-state index < -0.39 is 0 Å². The molecule has 20 heavy (non-hydrogen) atoms. The van der Waals surface area contributed by atoms with Gasteiger partial charge in [-0.15, -0.1) is 0 Å². The Kier molecular flexibility index (Phi) is 5.81. The van der Waals surface area contributed by atoms with Crippen molar-refractivity contribution in [1.29, 1.82) is 0 Å². The summed E-state index contributed by atoms with van der Waals surface area (Å²) < 4.78 is 0.745. The van der Waals surface area contributed by atoms with Crippen molar-refractivity contribution in [2.24, 2.45) is 0 Å². The van der Waals surface area contributed by atoms with Crippen molar-refractivity contribution in [3.8, 4) is 0 Å². The Labute approximate surface area is 133 Å². The third-order valence-corrected chi connectivity index (χ3v) is 4.48. The molecule has 1 aliphatic rings. The number of aromatic nitrogens is 1. The number of carbonyl (C=O) groups is 1. The first-order valence-electron chi connectivity index (χ1n) is 6.87. The first kappa shape index (κ1) is 15.7. The van der Waals surface area contributed by atoms with Gasteiger partial charge in [-0.2, -0.15) is 0 Å². The third-order valence-electron chi connectivity index (χ3n) is 3.75. The monoisotopic (exact) mass is 359 g/mol. The van der Waals surface area contributed by atoms with Crippen LogP contribution in [0.5, 0.6) is 0 Å². The summed E-state index contributed by atoms with van der Waals surface area (Å²) in [4.78, 5) is 18.3. The van der Waals surface area contributed by atoms with Crippen LogP contribution < -0.4 is 5.32 Å². The van der Waals surface area contributed by atoms with Gasteiger partial charge < -0.3 is 10.2 Å². The van der Waals surface area contributed by atoms with Crippen LogP contribution in [0.15, 0.2) is 16.7 Å². The fourth-order valence-corrected chi connectivity index (χ4v) is 3.07. The molecular formula is C14H19BrClN3O. The van der Waals surface area contributed by atoms with Crippen LogP contribution in [0.2, 0.25) is 5.15 Å². The van der Waals surface area contributed by atoms with Crippen LogP contribution in [-0.4, -0.2) is 42.0 Å². The van der Waals surface area contributed by atoms with E-state index in [2.05, 4.69) is 38.2 Å². The highest BCUT2D eigenvalue weighted by molar-refractivity contribution is 9.10. The van der Waals surface area contributed by atoms with Crippen molar-refractivity contribution >= 4 is 33.4 Å². The third kappa shape index (κ3) is 4.17. The van der Waals surface area contributed by atoms with E-state index in [1.807, 2.05) is 0 Å². The van der Waals surface area contributed by atoms with Crippen molar-refractivity contribution in [3.63, 3.8) is 0 Å². The Bertz CT molecular complexity index is 477. The summed E-state index contributed by atoms with van der Waals surface area (Å²) in [6, 6.07) is 2.36. The summed E-state index contributed by atoms with van der Waals surface area (Å²) >= 11 is 9.22. The summed E-state index contributed by atoms with van der Waals surface area (Å²) in [7, 11) is 2.12. The summed E-state index contributed by atoms with van der Waals surface area (Å²) in [6.45, 7) is 1.48. The first-order valence-corrected chi connectivity index (χ1v) is 8.04. The highest BCUT2D eigenvalue weighted by atomic mass is 79.9. The van der Waals surface area contributed by atoms with Crippen LogP contribution in [0.3, 0.4) is 0 Å². The summed E-state index contributed by atoms with van der Waals surface area (Å²) in [6.07, 6.45) is 6.76. The van der Waals surface area contributed by atoms with Crippen LogP contribution in [0.4, 0.5) is 0 Å². The maximum atomic E-state index is 12.0. The van der Waals surface area contributed by atoms with Crippen LogP contribution in [0.1, 0.15) is 36.0 Å². The van der Waals surface area contributed by atoms with Gasteiger partial charge in [0.1, 0.15) is 5.15 Å². The number of nitrogens with one attached hydrogen (secondary N) is 1. The molecule has 0 spiro atoms. The molecule has 0 atom stereocenters. The minimum absolute atomic E-state index is 0.177. The largest absolute Gasteiger partial charge is 0.351 e. The van der Waals surface area contributed by atoms with Gasteiger partial charge in [0.25, 0.3) is 5.91 Å². The van der Waals surface area contributed by atoms with E-state index >= 15 is 0 Å². The molecule has 1 aromatic heterocycles. The van der Waals surface area contributed by atoms with E-state index in [1.165, 1.54) is 25.7 Å². The Morgan fingerprint density at radius 2 is 2.25 bits per heavy atom. The fraction of sp³-hybridized carbons (Fsp3) is 0.571. The minimum Gasteiger partial charge on any atom is -0.351 e. The van der Waals surface area contributed by atoms with E-state index in [1.54, 1.807) is 12.3 Å². The van der Waals surface area contributed by atoms with Crippen molar-refractivity contribution in [1.82, 2.24) is 15.2 Å². The zero-order valence-corrected chi connectivity index (χ0v) is 13.9. The highest BCUT2D eigenvalue weighted by Crippen LogP contribution is 2.22. The molecule has 0 aliphatic heterocycles. The van der Waals surface area contributed by atoms with Crippen LogP contribution in [0.25, 0.3) is 0 Å². The van der Waals surface area contributed by atoms with Gasteiger partial charge in [-0.05, 0) is 41.9 Å². The highest BCUT2D eigenvalue weighted by Gasteiger charge is 2.19. The zero-order valence-electron chi connectivity index (χ0n) is 11.5. The lowest BCUT2D eigenvalue weighted by atomic mass is 10.2. The minimum atomic E-state index is -0.177. The Morgan fingerprint density at radius 1 is 1.55 bits per heavy atom. The van der Waals surface area contributed by atoms with E-state index in [9.17, 15) is 4.79 Å². The molecule has 1 amide bonds. The van der Waals surface area contributed by atoms with E-state index in [0.717, 1.165) is 11.0 Å². The smallest absolute Gasteiger partial charge is 0.254 e. The summed E-state index contributed by atoms with van der Waals surface area (Å²) in [5.41, 5.74) is 0.407. The number of nitrogens with zero attached hydrogens (tertiary/aromatic N) is 2. The maximum Gasteiger partial charge on any atom is 0.254 e. The number of likely N-dealkylation sites (N-methyl/N-ethyl adjacent to an activating group) is 1. The zero-order chi connectivity index (χ0) is 14.5. The Morgan fingerprint density at radius 3 is 2.95 bits per heavy atom. The Hall–Kier alpha value is -0.650. The molecule has 1 heterocycles. The van der Waals surface area contributed by atoms with Gasteiger partial charge in [-0.3, -0.25) is 4.79 Å². The standard InChI is InChI=1S/C14H19BrClN3O/c1-19(11-4-2-3-5-11)7-6-17-14(20)12-8-10(15)9-18-13(12)16/h8-9,11H,2-7H2,1H3,(H,17,20). The molecule has 2 rings (SSSR count). The summed E-state index contributed by atoms with van der Waals surface area (Å²) in [5.74, 6) is -0.177. The molecule has 0 aromatic carbocycles. The molecule has 0 bridgehead atoms. The van der Waals surface area contributed by atoms with Crippen molar-refractivity contribution in [3.05, 3.63) is 27.5 Å². The number of halogens is 2. The SMILES string of the molecule is CN(CCNC(=O)c1cc(Br)cnc1Cl)C1CCCC1. The van der Waals surface area contributed by atoms with Crippen molar-refractivity contribution in [2.75, 3.05) is 20.1 Å². The number of hydrogen-bond donors (Lipinski definition) is 1. The second kappa shape index (κ2) is 7.38. The van der Waals surface area contributed by atoms with E-state index in [-0.39, 0.29) is 11.1 Å². The lowest BCUT2D eigenvalue weighted by molar-refractivity contribution is 0.0947. The lowest BCUT2D eigenvalue weighted by Crippen LogP contribution is -2.37. The number of rotatable bonds is 5. The van der Waals surface area contributed by atoms with Crippen molar-refractivity contribution < 1.29 is 4.79 Å². The van der Waals surface area contributed by atoms with Gasteiger partial charge in [-0.1, -0.05) is 24.4 Å². The molecule has 1 fully saturated rings. The average molecular weight is 361 g/mol. The van der Waals surface area contributed by atoms with Gasteiger partial charge in [0, 0.05) is 29.8 Å². The van der Waals surface area contributed by atoms with Gasteiger partial charge in [0.05, 0.1) is 5.56 Å². The van der Waals surface area contributed by atoms with E-state index in [0.29, 0.717) is 18.2 Å². The van der Waals surface area contributed by atoms with Gasteiger partial charge in [-0.25, -0.2) is 4.98 Å². The fourth-order valence-electron chi connectivity index (χ4n) is 2.55. The molecule has 6 heteroatoms. The molecular weight excluding hydrogens is 342 g/mol. The quantitative estimate of drug-likeness (QED) is 0.821. The molecule has 1 saturated carbocycles. The van der Waals surface area contributed by atoms with Crippen molar-refractivity contribution in [2.45, 2.75) is 31.7 Å². The number of hydrogen-bond acceptors (Lipinski definition) is 3. The van der Waals surface area contributed by atoms with Gasteiger partial charge >= 0.3 is 0 Å². The van der Waals surface area contributed by atoms with Gasteiger partial charge in [0.15, 0.2) is 0 Å². The topological polar surface area (TPSA) is 45.2 Å². The second-order valence-electron chi connectivity index (χ2n) is 5.17. The molecule has 1 aromatic rings. The predicted molar refractivity (Wildman–Crippen MR) is 84.2 cm³/mol. The maximum absolute atomic E-state index is 12.0. The molecule has 1 aliphatic carbocycles. The average Bonchev–Trinajstić information content (AvgIpc) is 2.95. The van der Waals surface area contributed by atoms with Gasteiger partial charge in [0.2, 0.25) is 0 Å². The molecule has 0 saturated heterocycles. The molecule has 0 unspecified atom stereocenters. The number of amides is 1. The molecule has 110 valence electrons. The predicted octanol–water partition coefficient (Wildman–Crippen LogP) is 3.10. The first-order chi connectivity index (χ1) is 9.58. The van der Waals surface area contributed by atoms with Crippen LogP contribution in [-0.2, 0) is 0 Å². The van der Waals surface area contributed by atoms with Crippen LogP contribution >= 0.6 is 27.5 Å². The number of pyridine rings is 1.